The van der Waals surface area contributed by atoms with Gasteiger partial charge < -0.3 is 0 Å². The second-order valence-electron chi connectivity index (χ2n) is 5.99. The van der Waals surface area contributed by atoms with Crippen LogP contribution >= 0.6 is 18.5 Å². The lowest BCUT2D eigenvalue weighted by molar-refractivity contribution is 0.191. The molecule has 0 bridgehead atoms. The van der Waals surface area contributed by atoms with Crippen LogP contribution in [0.1, 0.15) is 64.2 Å². The Balaban J connectivity index is 2.03. The van der Waals surface area contributed by atoms with Crippen LogP contribution in [-0.2, 0) is 0 Å². The molecule has 16 heavy (non-hydrogen) atoms. The van der Waals surface area contributed by atoms with Crippen molar-refractivity contribution in [2.45, 2.75) is 69.4 Å². The molecule has 0 N–H and O–H groups in total. The fourth-order valence-electron chi connectivity index (χ4n) is 3.95. The van der Waals surface area contributed by atoms with Crippen molar-refractivity contribution in [2.75, 3.05) is 6.16 Å². The molecule has 2 unspecified atom stereocenters. The molecule has 0 aromatic rings. The molecule has 0 aromatic carbocycles. The van der Waals surface area contributed by atoms with Gasteiger partial charge in [0.05, 0.1) is 0 Å². The van der Waals surface area contributed by atoms with Crippen molar-refractivity contribution in [1.29, 1.82) is 0 Å². The smallest absolute Gasteiger partial charge is 0.00596 e. The van der Waals surface area contributed by atoms with Gasteiger partial charge in [-0.2, -0.15) is 0 Å². The molecule has 2 rings (SSSR count). The summed E-state index contributed by atoms with van der Waals surface area (Å²) in [6.07, 6.45) is 16.2. The molecule has 94 valence electrons. The molecule has 0 spiro atoms. The molecular weight excluding hydrogens is 230 g/mol. The average molecular weight is 258 g/mol. The predicted octanol–water partition coefficient (Wildman–Crippen LogP) is 4.64. The molecule has 0 radical (unpaired) electrons. The SMILES string of the molecule is PCC(P)(C1CCCCC1)C1CCCCC1. The highest BCUT2D eigenvalue weighted by molar-refractivity contribution is 7.23. The van der Waals surface area contributed by atoms with Gasteiger partial charge in [-0.15, -0.1) is 18.5 Å². The Kier molecular flexibility index (Phi) is 5.11. The Hall–Kier alpha value is 0.860. The largest absolute Gasteiger partial charge is 0.137 e. The Morgan fingerprint density at radius 1 is 0.750 bits per heavy atom. The summed E-state index contributed by atoms with van der Waals surface area (Å²) in [6.45, 7) is 0. The van der Waals surface area contributed by atoms with E-state index in [1.165, 1.54) is 70.4 Å². The van der Waals surface area contributed by atoms with Gasteiger partial charge >= 0.3 is 0 Å². The molecule has 0 aliphatic heterocycles. The molecule has 0 saturated heterocycles. The number of hydrogen-bond donors (Lipinski definition) is 0. The van der Waals surface area contributed by atoms with Crippen molar-refractivity contribution >= 4 is 18.5 Å². The molecule has 0 heterocycles. The lowest BCUT2D eigenvalue weighted by atomic mass is 9.69. The van der Waals surface area contributed by atoms with E-state index in [1.807, 2.05) is 0 Å². The van der Waals surface area contributed by atoms with Crippen LogP contribution in [0.5, 0.6) is 0 Å². The highest BCUT2D eigenvalue weighted by Gasteiger charge is 2.40. The third kappa shape index (κ3) is 2.81. The molecule has 0 amide bonds. The fourth-order valence-corrected chi connectivity index (χ4v) is 5.28. The fraction of sp³-hybridized carbons (Fsp3) is 1.00. The normalized spacial score (nSPS) is 25.9. The molecule has 2 aliphatic carbocycles. The zero-order valence-corrected chi connectivity index (χ0v) is 12.9. The monoisotopic (exact) mass is 258 g/mol. The van der Waals surface area contributed by atoms with Crippen molar-refractivity contribution in [3.8, 4) is 0 Å². The van der Waals surface area contributed by atoms with Crippen LogP contribution in [0.2, 0.25) is 0 Å². The quantitative estimate of drug-likeness (QED) is 0.647. The molecule has 2 aliphatic rings. The maximum Gasteiger partial charge on any atom is -0.00596 e. The Bertz CT molecular complexity index is 185. The lowest BCUT2D eigenvalue weighted by Crippen LogP contribution is -2.43. The Morgan fingerprint density at radius 3 is 1.44 bits per heavy atom. The van der Waals surface area contributed by atoms with Crippen LogP contribution in [0.25, 0.3) is 0 Å². The molecule has 2 heteroatoms. The first-order valence-electron chi connectivity index (χ1n) is 7.26. The average Bonchev–Trinajstić information content (AvgIpc) is 2.40. The van der Waals surface area contributed by atoms with Crippen molar-refractivity contribution in [1.82, 2.24) is 0 Å². The van der Waals surface area contributed by atoms with Crippen molar-refractivity contribution in [3.63, 3.8) is 0 Å². The van der Waals surface area contributed by atoms with Crippen LogP contribution in [-0.4, -0.2) is 11.3 Å². The van der Waals surface area contributed by atoms with E-state index in [0.29, 0.717) is 5.16 Å². The summed E-state index contributed by atoms with van der Waals surface area (Å²) >= 11 is 0. The molecule has 0 nitrogen and oxygen atoms in total. The van der Waals surface area contributed by atoms with Crippen molar-refractivity contribution in [2.24, 2.45) is 11.8 Å². The first kappa shape index (κ1) is 13.3. The highest BCUT2D eigenvalue weighted by Crippen LogP contribution is 2.49. The maximum absolute atomic E-state index is 3.31. The van der Waals surface area contributed by atoms with Gasteiger partial charge in [-0.3, -0.25) is 0 Å². The zero-order chi connectivity index (χ0) is 11.4. The van der Waals surface area contributed by atoms with Crippen LogP contribution in [0, 0.1) is 11.8 Å². The summed E-state index contributed by atoms with van der Waals surface area (Å²) in [4.78, 5) is 0. The minimum Gasteiger partial charge on any atom is -0.137 e. The topological polar surface area (TPSA) is 0 Å². The molecule has 0 aromatic heterocycles. The van der Waals surface area contributed by atoms with Gasteiger partial charge in [0.25, 0.3) is 0 Å². The van der Waals surface area contributed by atoms with Crippen molar-refractivity contribution < 1.29 is 0 Å². The first-order chi connectivity index (χ1) is 7.77. The van der Waals surface area contributed by atoms with Crippen LogP contribution < -0.4 is 0 Å². The van der Waals surface area contributed by atoms with E-state index in [0.717, 1.165) is 11.8 Å². The number of rotatable bonds is 3. The van der Waals surface area contributed by atoms with Gasteiger partial charge in [0.2, 0.25) is 0 Å². The van der Waals surface area contributed by atoms with E-state index in [9.17, 15) is 0 Å². The molecular formula is C14H28P2. The zero-order valence-electron chi connectivity index (χ0n) is 10.6. The van der Waals surface area contributed by atoms with Crippen molar-refractivity contribution in [3.05, 3.63) is 0 Å². The van der Waals surface area contributed by atoms with Gasteiger partial charge in [-0.1, -0.05) is 38.5 Å². The van der Waals surface area contributed by atoms with E-state index in [2.05, 4.69) is 18.5 Å². The summed E-state index contributed by atoms with van der Waals surface area (Å²) in [5, 5.41) is 0.561. The minimum absolute atomic E-state index is 0.561. The summed E-state index contributed by atoms with van der Waals surface area (Å²) in [5.41, 5.74) is 0. The van der Waals surface area contributed by atoms with Crippen LogP contribution in [0.4, 0.5) is 0 Å². The van der Waals surface area contributed by atoms with E-state index >= 15 is 0 Å². The second-order valence-corrected chi connectivity index (χ2v) is 7.47. The molecule has 2 fully saturated rings. The van der Waals surface area contributed by atoms with E-state index in [1.54, 1.807) is 0 Å². The van der Waals surface area contributed by atoms with Gasteiger partial charge in [0.15, 0.2) is 0 Å². The van der Waals surface area contributed by atoms with Crippen LogP contribution in [0.3, 0.4) is 0 Å². The Morgan fingerprint density at radius 2 is 1.12 bits per heavy atom. The van der Waals surface area contributed by atoms with Gasteiger partial charge in [0.1, 0.15) is 0 Å². The highest BCUT2D eigenvalue weighted by atomic mass is 31.0. The van der Waals surface area contributed by atoms with Crippen LogP contribution in [0.15, 0.2) is 0 Å². The lowest BCUT2D eigenvalue weighted by Gasteiger charge is -2.46. The Labute approximate surface area is 106 Å². The molecule has 2 atom stereocenters. The first-order valence-corrected chi connectivity index (χ1v) is 8.65. The maximum atomic E-state index is 3.31. The second kappa shape index (κ2) is 6.15. The third-order valence-corrected chi connectivity index (χ3v) is 7.44. The van der Waals surface area contributed by atoms with E-state index in [-0.39, 0.29) is 0 Å². The summed E-state index contributed by atoms with van der Waals surface area (Å²) in [6, 6.07) is 0. The summed E-state index contributed by atoms with van der Waals surface area (Å²) in [5.74, 6) is 1.98. The molecule has 2 saturated carbocycles. The number of hydrogen-bond acceptors (Lipinski definition) is 0. The summed E-state index contributed by atoms with van der Waals surface area (Å²) < 4.78 is 0. The van der Waals surface area contributed by atoms with Gasteiger partial charge in [0, 0.05) is 0 Å². The predicted molar refractivity (Wildman–Crippen MR) is 80.2 cm³/mol. The van der Waals surface area contributed by atoms with E-state index in [4.69, 9.17) is 0 Å². The summed E-state index contributed by atoms with van der Waals surface area (Å²) in [7, 11) is 6.35. The minimum atomic E-state index is 0.561. The van der Waals surface area contributed by atoms with Gasteiger partial charge in [-0.05, 0) is 48.8 Å². The third-order valence-electron chi connectivity index (χ3n) is 5.08. The van der Waals surface area contributed by atoms with E-state index < -0.39 is 0 Å². The standard InChI is InChI=1S/C14H28P2/c15-11-14(16,12-7-3-1-4-8-12)13-9-5-2-6-10-13/h12-13H,1-11,15-16H2. The van der Waals surface area contributed by atoms with Gasteiger partial charge in [-0.25, -0.2) is 0 Å².